The van der Waals surface area contributed by atoms with Crippen molar-refractivity contribution in [3.05, 3.63) is 23.8 Å². The van der Waals surface area contributed by atoms with Crippen LogP contribution in [-0.2, 0) is 9.59 Å². The molecule has 134 valence electrons. The van der Waals surface area contributed by atoms with Crippen LogP contribution in [0.2, 0.25) is 0 Å². The molecule has 0 bridgehead atoms. The Morgan fingerprint density at radius 3 is 2.52 bits per heavy atom. The molecular formula is C22H27IO2. The maximum absolute atomic E-state index is 12.6. The van der Waals surface area contributed by atoms with E-state index in [1.54, 1.807) is 6.08 Å². The van der Waals surface area contributed by atoms with Crippen LogP contribution in [0.1, 0.15) is 58.8 Å². The van der Waals surface area contributed by atoms with Crippen LogP contribution in [0, 0.1) is 34.0 Å². The van der Waals surface area contributed by atoms with Crippen LogP contribution >= 0.6 is 22.6 Å². The summed E-state index contributed by atoms with van der Waals surface area (Å²) in [7, 11) is 0. The zero-order valence-electron chi connectivity index (χ0n) is 15.2. The summed E-state index contributed by atoms with van der Waals surface area (Å²) in [5.74, 6) is 2.72. The minimum Gasteiger partial charge on any atom is -0.299 e. The van der Waals surface area contributed by atoms with Crippen molar-refractivity contribution in [3.63, 3.8) is 0 Å². The monoisotopic (exact) mass is 450 g/mol. The van der Waals surface area contributed by atoms with Gasteiger partial charge in [0.25, 0.3) is 0 Å². The van der Waals surface area contributed by atoms with Crippen LogP contribution in [-0.4, -0.2) is 15.5 Å². The summed E-state index contributed by atoms with van der Waals surface area (Å²) in [6.07, 6.45) is 13.7. The Morgan fingerprint density at radius 2 is 1.84 bits per heavy atom. The molecule has 7 atom stereocenters. The fourth-order valence-corrected chi connectivity index (χ4v) is 9.13. The Morgan fingerprint density at radius 1 is 1.08 bits per heavy atom. The Bertz CT molecular complexity index is 736. The van der Waals surface area contributed by atoms with Gasteiger partial charge in [0.15, 0.2) is 5.78 Å². The average Bonchev–Trinajstić information content (AvgIpc) is 2.90. The van der Waals surface area contributed by atoms with Gasteiger partial charge in [0.2, 0.25) is 0 Å². The minimum atomic E-state index is 0.0222. The molecular weight excluding hydrogens is 423 g/mol. The molecule has 0 N–H and O–H groups in total. The van der Waals surface area contributed by atoms with Gasteiger partial charge in [-0.15, -0.1) is 0 Å². The summed E-state index contributed by atoms with van der Waals surface area (Å²) in [6, 6.07) is 0. The van der Waals surface area contributed by atoms with Gasteiger partial charge in [0.05, 0.1) is 0 Å². The van der Waals surface area contributed by atoms with E-state index in [0.29, 0.717) is 27.5 Å². The number of alkyl halides is 1. The summed E-state index contributed by atoms with van der Waals surface area (Å²) < 4.78 is 0.594. The summed E-state index contributed by atoms with van der Waals surface area (Å²) in [5.41, 5.74) is 1.66. The quantitative estimate of drug-likeness (QED) is 0.382. The highest BCUT2D eigenvalue weighted by molar-refractivity contribution is 14.1. The van der Waals surface area contributed by atoms with Crippen LogP contribution in [0.5, 0.6) is 0 Å². The molecule has 5 aliphatic carbocycles. The lowest BCUT2D eigenvalue weighted by Gasteiger charge is -2.61. The van der Waals surface area contributed by atoms with Crippen molar-refractivity contribution in [2.45, 2.75) is 62.7 Å². The molecule has 0 aromatic carbocycles. The Balaban J connectivity index is 1.56. The van der Waals surface area contributed by atoms with Crippen molar-refractivity contribution in [2.75, 3.05) is 0 Å². The van der Waals surface area contributed by atoms with E-state index in [2.05, 4.69) is 42.5 Å². The van der Waals surface area contributed by atoms with Crippen LogP contribution in [0.25, 0.3) is 0 Å². The third-order valence-corrected chi connectivity index (χ3v) is 10.5. The van der Waals surface area contributed by atoms with Crippen molar-refractivity contribution >= 4 is 34.2 Å². The maximum atomic E-state index is 12.6. The number of allylic oxidation sites excluding steroid dienone is 4. The number of ketones is 2. The first-order valence-electron chi connectivity index (χ1n) is 9.93. The highest BCUT2D eigenvalue weighted by Crippen LogP contribution is 2.73. The van der Waals surface area contributed by atoms with Gasteiger partial charge in [-0.25, -0.2) is 0 Å². The van der Waals surface area contributed by atoms with Gasteiger partial charge in [-0.3, -0.25) is 9.59 Å². The lowest BCUT2D eigenvalue weighted by atomic mass is 9.43. The number of carbonyl (C=O) groups excluding carboxylic acids is 2. The van der Waals surface area contributed by atoms with E-state index < -0.39 is 0 Å². The summed E-state index contributed by atoms with van der Waals surface area (Å²) >= 11 is 2.66. The van der Waals surface area contributed by atoms with Crippen LogP contribution in [0.15, 0.2) is 23.8 Å². The zero-order valence-corrected chi connectivity index (χ0v) is 17.3. The normalized spacial score (nSPS) is 53.8. The fraction of sp³-hybridized carbons (Fsp3) is 0.727. The first-order valence-corrected chi connectivity index (χ1v) is 11.2. The molecule has 0 saturated heterocycles. The smallest absolute Gasteiger partial charge is 0.178 e. The predicted molar refractivity (Wildman–Crippen MR) is 106 cm³/mol. The average molecular weight is 450 g/mol. The van der Waals surface area contributed by atoms with Gasteiger partial charge in [-0.2, -0.15) is 0 Å². The van der Waals surface area contributed by atoms with Crippen molar-refractivity contribution in [1.82, 2.24) is 0 Å². The number of hydrogen-bond acceptors (Lipinski definition) is 2. The largest absolute Gasteiger partial charge is 0.299 e. The number of hydrogen-bond donors (Lipinski definition) is 0. The van der Waals surface area contributed by atoms with E-state index in [1.165, 1.54) is 24.8 Å². The van der Waals surface area contributed by atoms with Gasteiger partial charge < -0.3 is 0 Å². The first kappa shape index (κ1) is 16.7. The highest BCUT2D eigenvalue weighted by Gasteiger charge is 2.69. The van der Waals surface area contributed by atoms with Gasteiger partial charge in [0, 0.05) is 21.2 Å². The number of halogens is 1. The van der Waals surface area contributed by atoms with E-state index in [4.69, 9.17) is 0 Å². The second-order valence-corrected chi connectivity index (χ2v) is 11.3. The molecule has 3 heteroatoms. The van der Waals surface area contributed by atoms with Crippen LogP contribution < -0.4 is 0 Å². The lowest BCUT2D eigenvalue weighted by Crippen LogP contribution is -2.58. The Labute approximate surface area is 164 Å². The second kappa shape index (κ2) is 5.08. The molecule has 0 aromatic rings. The van der Waals surface area contributed by atoms with E-state index >= 15 is 0 Å². The molecule has 0 amide bonds. The van der Waals surface area contributed by atoms with E-state index in [0.717, 1.165) is 25.7 Å². The fourth-order valence-electron chi connectivity index (χ4n) is 7.66. The summed E-state index contributed by atoms with van der Waals surface area (Å²) in [4.78, 5) is 24.5. The molecule has 2 nitrogen and oxygen atoms in total. The van der Waals surface area contributed by atoms with Crippen molar-refractivity contribution in [3.8, 4) is 0 Å². The highest BCUT2D eigenvalue weighted by atomic mass is 127. The molecule has 4 fully saturated rings. The van der Waals surface area contributed by atoms with E-state index in [1.807, 2.05) is 6.08 Å². The molecule has 0 unspecified atom stereocenters. The molecule has 0 heterocycles. The molecule has 0 radical (unpaired) electrons. The standard InChI is InChI=1S/C22H27IO2/c1-20-7-3-14(24)11-13(20)12-17(23)19-15(20)4-8-21(2)16(19)5-9-22(21)10-6-18(22)25/h3,7,11,15-17,19H,4-6,8-10,12H2,1-2H3/t15-,16-,17+,19+,20-,21-,22-/m0/s1. The zero-order chi connectivity index (χ0) is 17.6. The number of Topliss-reactive ketones (excluding diaryl/α,β-unsaturated/α-hetero) is 1. The van der Waals surface area contributed by atoms with Crippen LogP contribution in [0.4, 0.5) is 0 Å². The minimum absolute atomic E-state index is 0.0222. The molecule has 25 heavy (non-hydrogen) atoms. The Kier molecular flexibility index (Phi) is 3.39. The molecule has 1 spiro atoms. The molecule has 0 aliphatic heterocycles. The summed E-state index contributed by atoms with van der Waals surface area (Å²) in [6.45, 7) is 4.82. The van der Waals surface area contributed by atoms with Gasteiger partial charge >= 0.3 is 0 Å². The van der Waals surface area contributed by atoms with E-state index in [9.17, 15) is 9.59 Å². The van der Waals surface area contributed by atoms with Gasteiger partial charge in [0.1, 0.15) is 5.78 Å². The molecule has 4 saturated carbocycles. The Hall–Kier alpha value is -0.450. The number of rotatable bonds is 0. The maximum Gasteiger partial charge on any atom is 0.178 e. The lowest BCUT2D eigenvalue weighted by molar-refractivity contribution is -0.156. The van der Waals surface area contributed by atoms with Crippen molar-refractivity contribution in [2.24, 2.45) is 34.0 Å². The van der Waals surface area contributed by atoms with Crippen LogP contribution in [0.3, 0.4) is 0 Å². The van der Waals surface area contributed by atoms with Crippen molar-refractivity contribution < 1.29 is 9.59 Å². The van der Waals surface area contributed by atoms with Gasteiger partial charge in [-0.1, -0.05) is 48.1 Å². The SMILES string of the molecule is C[C@]12C=CC(=O)C=C1C[C@@H](I)[C@@H]1[C@@H]2CC[C@@]2(C)[C@H]1CC[C@@]21CCC1=O. The third-order valence-electron chi connectivity index (χ3n) is 9.22. The number of fused-ring (bicyclic) bond motifs is 6. The van der Waals surface area contributed by atoms with Gasteiger partial charge in [-0.05, 0) is 73.8 Å². The molecule has 0 aromatic heterocycles. The topological polar surface area (TPSA) is 34.1 Å². The first-order chi connectivity index (χ1) is 11.8. The number of carbonyl (C=O) groups is 2. The third kappa shape index (κ3) is 1.87. The predicted octanol–water partition coefficient (Wildman–Crippen LogP) is 5.06. The molecule has 5 rings (SSSR count). The summed E-state index contributed by atoms with van der Waals surface area (Å²) in [5, 5.41) is 0. The second-order valence-electron chi connectivity index (χ2n) is 9.70. The van der Waals surface area contributed by atoms with Crippen molar-refractivity contribution in [1.29, 1.82) is 0 Å². The molecule has 5 aliphatic rings. The van der Waals surface area contributed by atoms with E-state index in [-0.39, 0.29) is 22.0 Å².